The highest BCUT2D eigenvalue weighted by Crippen LogP contribution is 2.27. The van der Waals surface area contributed by atoms with Gasteiger partial charge < -0.3 is 4.74 Å². The van der Waals surface area contributed by atoms with Crippen LogP contribution >= 0.6 is 11.3 Å². The third kappa shape index (κ3) is 3.58. The number of methoxy groups -OCH3 is 1. The number of carbonyl (C=O) groups excluding carboxylic acids is 2. The van der Waals surface area contributed by atoms with Crippen LogP contribution in [0, 0.1) is 0 Å². The molecule has 1 heterocycles. The Hall–Kier alpha value is -3.09. The van der Waals surface area contributed by atoms with Gasteiger partial charge in [-0.3, -0.25) is 14.9 Å². The molecule has 4 rings (SSSR count). The number of carbonyl (C=O) groups is 2. The summed E-state index contributed by atoms with van der Waals surface area (Å²) < 4.78 is 5.73. The molecule has 1 aromatic heterocycles. The number of Topliss-reactive ketones (excluding diaryl/α,β-unsaturated/α-hetero) is 1. The second kappa shape index (κ2) is 7.26. The average Bonchev–Trinajstić information content (AvgIpc) is 3.09. The lowest BCUT2D eigenvalue weighted by Gasteiger charge is -2.03. The van der Waals surface area contributed by atoms with Gasteiger partial charge in [-0.05, 0) is 41.1 Å². The van der Waals surface area contributed by atoms with Crippen molar-refractivity contribution >= 4 is 49.1 Å². The van der Waals surface area contributed by atoms with Gasteiger partial charge in [0.05, 0.1) is 10.2 Å². The van der Waals surface area contributed by atoms with E-state index in [0.717, 1.165) is 21.0 Å². The number of fused-ring (bicyclic) bond motifs is 2. The van der Waals surface area contributed by atoms with Crippen LogP contribution in [0.2, 0.25) is 0 Å². The first-order valence-electron chi connectivity index (χ1n) is 8.37. The van der Waals surface area contributed by atoms with Crippen LogP contribution in [-0.2, 0) is 4.74 Å². The number of nitrogens with zero attached hydrogens (tertiary/aromatic N) is 1. The van der Waals surface area contributed by atoms with Gasteiger partial charge in [-0.2, -0.15) is 0 Å². The van der Waals surface area contributed by atoms with Crippen LogP contribution in [0.25, 0.3) is 21.0 Å². The molecule has 0 atom stereocenters. The summed E-state index contributed by atoms with van der Waals surface area (Å²) >= 11 is 1.34. The van der Waals surface area contributed by atoms with Crippen LogP contribution in [0.1, 0.15) is 20.7 Å². The van der Waals surface area contributed by atoms with Crippen molar-refractivity contribution in [2.45, 2.75) is 0 Å². The number of rotatable bonds is 5. The van der Waals surface area contributed by atoms with Crippen molar-refractivity contribution in [2.24, 2.45) is 0 Å². The first-order chi connectivity index (χ1) is 13.1. The molecule has 6 heteroatoms. The lowest BCUT2D eigenvalue weighted by Crippen LogP contribution is -2.11. The highest BCUT2D eigenvalue weighted by molar-refractivity contribution is 7.22. The van der Waals surface area contributed by atoms with E-state index in [2.05, 4.69) is 10.3 Å². The van der Waals surface area contributed by atoms with Gasteiger partial charge in [0.25, 0.3) is 5.91 Å². The van der Waals surface area contributed by atoms with E-state index in [1.165, 1.54) is 18.4 Å². The number of nitrogens with one attached hydrogen (secondary N) is 1. The summed E-state index contributed by atoms with van der Waals surface area (Å²) in [7, 11) is 1.49. The van der Waals surface area contributed by atoms with Crippen molar-refractivity contribution in [3.63, 3.8) is 0 Å². The standard InChI is InChI=1S/C21H16N2O3S/c1-26-12-18(24)15-8-9-17-19(11-15)27-21(22-17)23-20(25)16-7-6-13-4-2-3-5-14(13)10-16/h2-11H,12H2,1H3,(H,22,23,25). The number of anilines is 1. The summed E-state index contributed by atoms with van der Waals surface area (Å²) in [6.07, 6.45) is 0. The van der Waals surface area contributed by atoms with Gasteiger partial charge in [-0.15, -0.1) is 0 Å². The summed E-state index contributed by atoms with van der Waals surface area (Å²) in [5.74, 6) is -0.301. The Balaban J connectivity index is 1.58. The molecule has 0 unspecified atom stereocenters. The minimum absolute atomic E-state index is 0.0376. The smallest absolute Gasteiger partial charge is 0.257 e. The van der Waals surface area contributed by atoms with Gasteiger partial charge in [0, 0.05) is 18.2 Å². The Bertz CT molecular complexity index is 1170. The molecule has 134 valence electrons. The van der Waals surface area contributed by atoms with Gasteiger partial charge in [0.15, 0.2) is 10.9 Å². The van der Waals surface area contributed by atoms with E-state index in [-0.39, 0.29) is 18.3 Å². The summed E-state index contributed by atoms with van der Waals surface area (Å²) in [4.78, 5) is 29.0. The lowest BCUT2D eigenvalue weighted by molar-refractivity contribution is 0.0848. The Kier molecular flexibility index (Phi) is 4.66. The number of aromatic nitrogens is 1. The van der Waals surface area contributed by atoms with Crippen LogP contribution in [0.5, 0.6) is 0 Å². The lowest BCUT2D eigenvalue weighted by atomic mass is 10.1. The molecule has 5 nitrogen and oxygen atoms in total. The van der Waals surface area contributed by atoms with E-state index >= 15 is 0 Å². The largest absolute Gasteiger partial charge is 0.377 e. The average molecular weight is 376 g/mol. The van der Waals surface area contributed by atoms with E-state index in [4.69, 9.17) is 4.74 Å². The van der Waals surface area contributed by atoms with Crippen LogP contribution in [0.15, 0.2) is 60.7 Å². The minimum atomic E-state index is -0.213. The molecule has 0 fully saturated rings. The maximum atomic E-state index is 12.6. The van der Waals surface area contributed by atoms with Crippen molar-refractivity contribution in [1.82, 2.24) is 4.98 Å². The molecule has 0 spiro atoms. The van der Waals surface area contributed by atoms with Crippen LogP contribution in [-0.4, -0.2) is 30.4 Å². The SMILES string of the molecule is COCC(=O)c1ccc2nc(NC(=O)c3ccc4ccccc4c3)sc2c1. The topological polar surface area (TPSA) is 68.3 Å². The molecule has 1 N–H and O–H groups in total. The highest BCUT2D eigenvalue weighted by Gasteiger charge is 2.12. The van der Waals surface area contributed by atoms with Gasteiger partial charge in [0.1, 0.15) is 6.61 Å². The minimum Gasteiger partial charge on any atom is -0.377 e. The molecule has 0 aliphatic heterocycles. The van der Waals surface area contributed by atoms with Gasteiger partial charge >= 0.3 is 0 Å². The normalized spacial score (nSPS) is 11.0. The van der Waals surface area contributed by atoms with Crippen molar-refractivity contribution in [1.29, 1.82) is 0 Å². The Morgan fingerprint density at radius 3 is 2.59 bits per heavy atom. The highest BCUT2D eigenvalue weighted by atomic mass is 32.1. The van der Waals surface area contributed by atoms with Crippen LogP contribution in [0.4, 0.5) is 5.13 Å². The monoisotopic (exact) mass is 376 g/mol. The molecule has 0 saturated heterocycles. The second-order valence-corrected chi connectivity index (χ2v) is 7.10. The van der Waals surface area contributed by atoms with E-state index in [1.807, 2.05) is 36.4 Å². The van der Waals surface area contributed by atoms with Gasteiger partial charge in [-0.25, -0.2) is 4.98 Å². The molecular formula is C21H16N2O3S. The number of hydrogen-bond acceptors (Lipinski definition) is 5. The molecule has 3 aromatic carbocycles. The van der Waals surface area contributed by atoms with Crippen molar-refractivity contribution in [3.05, 3.63) is 71.8 Å². The third-order valence-corrected chi connectivity index (χ3v) is 5.15. The summed E-state index contributed by atoms with van der Waals surface area (Å²) in [6.45, 7) is 0.0376. The molecule has 27 heavy (non-hydrogen) atoms. The zero-order chi connectivity index (χ0) is 18.8. The number of benzene rings is 3. The molecule has 0 aliphatic carbocycles. The molecular weight excluding hydrogens is 360 g/mol. The second-order valence-electron chi connectivity index (χ2n) is 6.07. The van der Waals surface area contributed by atoms with E-state index in [0.29, 0.717) is 16.3 Å². The number of thiazole rings is 1. The van der Waals surface area contributed by atoms with Crippen molar-refractivity contribution < 1.29 is 14.3 Å². The fourth-order valence-electron chi connectivity index (χ4n) is 2.87. The Morgan fingerprint density at radius 2 is 1.78 bits per heavy atom. The van der Waals surface area contributed by atoms with E-state index in [1.54, 1.807) is 24.3 Å². The number of amides is 1. The van der Waals surface area contributed by atoms with Crippen molar-refractivity contribution in [2.75, 3.05) is 19.0 Å². The number of hydrogen-bond donors (Lipinski definition) is 1. The van der Waals surface area contributed by atoms with E-state index in [9.17, 15) is 9.59 Å². The van der Waals surface area contributed by atoms with Crippen LogP contribution in [0.3, 0.4) is 0 Å². The fourth-order valence-corrected chi connectivity index (χ4v) is 3.77. The van der Waals surface area contributed by atoms with E-state index < -0.39 is 0 Å². The number of ketones is 1. The molecule has 4 aromatic rings. The Labute approximate surface area is 159 Å². The zero-order valence-electron chi connectivity index (χ0n) is 14.6. The van der Waals surface area contributed by atoms with Crippen molar-refractivity contribution in [3.8, 4) is 0 Å². The van der Waals surface area contributed by atoms with Gasteiger partial charge in [0.2, 0.25) is 0 Å². The first kappa shape index (κ1) is 17.3. The fraction of sp³-hybridized carbons (Fsp3) is 0.0952. The predicted octanol–water partition coefficient (Wildman–Crippen LogP) is 4.53. The first-order valence-corrected chi connectivity index (χ1v) is 9.18. The predicted molar refractivity (Wildman–Crippen MR) is 108 cm³/mol. The summed E-state index contributed by atoms with van der Waals surface area (Å²) in [6, 6.07) is 18.8. The van der Waals surface area contributed by atoms with Crippen LogP contribution < -0.4 is 5.32 Å². The van der Waals surface area contributed by atoms with Gasteiger partial charge in [-0.1, -0.05) is 41.7 Å². The molecule has 0 saturated carbocycles. The summed E-state index contributed by atoms with van der Waals surface area (Å²) in [5, 5.41) is 5.44. The number of ether oxygens (including phenoxy) is 1. The molecule has 0 aliphatic rings. The molecule has 0 bridgehead atoms. The zero-order valence-corrected chi connectivity index (χ0v) is 15.4. The molecule has 1 amide bonds. The molecule has 0 radical (unpaired) electrons. The third-order valence-electron chi connectivity index (χ3n) is 4.22. The quantitative estimate of drug-likeness (QED) is 0.520. The Morgan fingerprint density at radius 1 is 1.00 bits per heavy atom. The maximum Gasteiger partial charge on any atom is 0.257 e. The summed E-state index contributed by atoms with van der Waals surface area (Å²) in [5.41, 5.74) is 1.88. The maximum absolute atomic E-state index is 12.6.